The van der Waals surface area contributed by atoms with Gasteiger partial charge in [-0.05, 0) is 31.5 Å². The van der Waals surface area contributed by atoms with Crippen LogP contribution in [0.15, 0.2) is 28.8 Å². The normalized spacial score (nSPS) is 18.6. The van der Waals surface area contributed by atoms with Crippen LogP contribution in [-0.2, 0) is 0 Å². The Morgan fingerprint density at radius 1 is 1.33 bits per heavy atom. The van der Waals surface area contributed by atoms with Crippen molar-refractivity contribution in [1.82, 2.24) is 15.5 Å². The van der Waals surface area contributed by atoms with Gasteiger partial charge in [-0.2, -0.15) is 4.98 Å². The van der Waals surface area contributed by atoms with Gasteiger partial charge in [0, 0.05) is 0 Å². The van der Waals surface area contributed by atoms with Crippen LogP contribution >= 0.6 is 12.4 Å². The average Bonchev–Trinajstić information content (AvgIpc) is 3.00. The summed E-state index contributed by atoms with van der Waals surface area (Å²) in [7, 11) is 0. The molecule has 1 aliphatic rings. The Labute approximate surface area is 110 Å². The molecule has 1 saturated heterocycles. The van der Waals surface area contributed by atoms with Crippen molar-refractivity contribution in [2.24, 2.45) is 0 Å². The van der Waals surface area contributed by atoms with Crippen LogP contribution in [0.1, 0.15) is 24.8 Å². The second-order valence-electron chi connectivity index (χ2n) is 4.09. The molecule has 0 amide bonds. The lowest BCUT2D eigenvalue weighted by Crippen LogP contribution is -2.12. The molecule has 2 heterocycles. The summed E-state index contributed by atoms with van der Waals surface area (Å²) in [5.41, 5.74) is 0.375. The molecular formula is C12H13ClFN3O. The summed E-state index contributed by atoms with van der Waals surface area (Å²) in [5.74, 6) is 0.520. The van der Waals surface area contributed by atoms with Gasteiger partial charge in [-0.1, -0.05) is 17.3 Å². The van der Waals surface area contributed by atoms with E-state index in [1.807, 2.05) is 0 Å². The highest BCUT2D eigenvalue weighted by Crippen LogP contribution is 2.25. The van der Waals surface area contributed by atoms with Gasteiger partial charge in [0.05, 0.1) is 11.6 Å². The minimum absolute atomic E-state index is 0. The molecule has 1 aromatic heterocycles. The van der Waals surface area contributed by atoms with Crippen molar-refractivity contribution in [1.29, 1.82) is 0 Å². The summed E-state index contributed by atoms with van der Waals surface area (Å²) >= 11 is 0. The lowest BCUT2D eigenvalue weighted by Gasteiger charge is -2.01. The highest BCUT2D eigenvalue weighted by molar-refractivity contribution is 5.85. The number of rotatable bonds is 2. The summed E-state index contributed by atoms with van der Waals surface area (Å²) in [4.78, 5) is 4.24. The Morgan fingerprint density at radius 2 is 2.17 bits per heavy atom. The predicted molar refractivity (Wildman–Crippen MR) is 66.9 cm³/mol. The second kappa shape index (κ2) is 5.46. The molecule has 1 N–H and O–H groups in total. The smallest absolute Gasteiger partial charge is 0.244 e. The van der Waals surface area contributed by atoms with Crippen LogP contribution in [0.2, 0.25) is 0 Å². The average molecular weight is 270 g/mol. The largest absolute Gasteiger partial charge is 0.337 e. The maximum Gasteiger partial charge on any atom is 0.244 e. The molecule has 6 heteroatoms. The summed E-state index contributed by atoms with van der Waals surface area (Å²) in [6.07, 6.45) is 2.08. The third-order valence-corrected chi connectivity index (χ3v) is 2.91. The van der Waals surface area contributed by atoms with Crippen LogP contribution in [0.3, 0.4) is 0 Å². The Kier molecular flexibility index (Phi) is 3.93. The third-order valence-electron chi connectivity index (χ3n) is 2.91. The van der Waals surface area contributed by atoms with Crippen molar-refractivity contribution < 1.29 is 8.91 Å². The van der Waals surface area contributed by atoms with Gasteiger partial charge in [0.2, 0.25) is 11.7 Å². The molecule has 96 valence electrons. The number of nitrogens with zero attached hydrogens (tertiary/aromatic N) is 2. The first-order valence-corrected chi connectivity index (χ1v) is 5.66. The van der Waals surface area contributed by atoms with Crippen molar-refractivity contribution in [3.63, 3.8) is 0 Å². The maximum absolute atomic E-state index is 13.5. The number of aromatic nitrogens is 2. The van der Waals surface area contributed by atoms with Crippen LogP contribution in [-0.4, -0.2) is 16.7 Å². The minimum Gasteiger partial charge on any atom is -0.337 e. The lowest BCUT2D eigenvalue weighted by atomic mass is 10.2. The molecule has 1 fully saturated rings. The van der Waals surface area contributed by atoms with E-state index in [1.54, 1.807) is 18.2 Å². The van der Waals surface area contributed by atoms with E-state index in [4.69, 9.17) is 4.52 Å². The van der Waals surface area contributed by atoms with E-state index in [0.29, 0.717) is 17.3 Å². The number of hydrogen-bond donors (Lipinski definition) is 1. The first-order chi connectivity index (χ1) is 8.34. The molecule has 1 atom stereocenters. The molecule has 0 saturated carbocycles. The molecule has 0 spiro atoms. The standard InChI is InChI=1S/C12H12FN3O.ClH/c13-9-5-2-1-4-8(9)11-15-12(17-16-11)10-6-3-7-14-10;/h1-2,4-5,10,14H,3,6-7H2;1H/t10-;/m0./s1. The van der Waals surface area contributed by atoms with Crippen molar-refractivity contribution >= 4 is 12.4 Å². The van der Waals surface area contributed by atoms with Crippen LogP contribution in [0, 0.1) is 5.82 Å². The molecule has 3 rings (SSSR count). The van der Waals surface area contributed by atoms with Crippen molar-refractivity contribution in [3.8, 4) is 11.4 Å². The molecule has 4 nitrogen and oxygen atoms in total. The van der Waals surface area contributed by atoms with Gasteiger partial charge >= 0.3 is 0 Å². The molecular weight excluding hydrogens is 257 g/mol. The molecule has 1 aromatic carbocycles. The second-order valence-corrected chi connectivity index (χ2v) is 4.09. The maximum atomic E-state index is 13.5. The predicted octanol–water partition coefficient (Wildman–Crippen LogP) is 2.72. The van der Waals surface area contributed by atoms with Gasteiger partial charge in [-0.3, -0.25) is 0 Å². The van der Waals surface area contributed by atoms with Crippen LogP contribution in [0.25, 0.3) is 11.4 Å². The Morgan fingerprint density at radius 3 is 2.89 bits per heavy atom. The highest BCUT2D eigenvalue weighted by Gasteiger charge is 2.23. The number of nitrogens with one attached hydrogen (secondary N) is 1. The van der Waals surface area contributed by atoms with Crippen molar-refractivity contribution in [2.75, 3.05) is 6.54 Å². The molecule has 1 aliphatic heterocycles. The zero-order valence-electron chi connectivity index (χ0n) is 9.60. The van der Waals surface area contributed by atoms with E-state index < -0.39 is 0 Å². The molecule has 0 aliphatic carbocycles. The zero-order valence-corrected chi connectivity index (χ0v) is 10.4. The highest BCUT2D eigenvalue weighted by atomic mass is 35.5. The molecule has 0 bridgehead atoms. The van der Waals surface area contributed by atoms with Crippen molar-refractivity contribution in [2.45, 2.75) is 18.9 Å². The van der Waals surface area contributed by atoms with Crippen LogP contribution < -0.4 is 5.32 Å². The first-order valence-electron chi connectivity index (χ1n) is 5.66. The number of halogens is 2. The van der Waals surface area contributed by atoms with E-state index in [2.05, 4.69) is 15.5 Å². The molecule has 18 heavy (non-hydrogen) atoms. The van der Waals surface area contributed by atoms with Gasteiger partial charge < -0.3 is 9.84 Å². The van der Waals surface area contributed by atoms with Crippen LogP contribution in [0.4, 0.5) is 4.39 Å². The minimum atomic E-state index is -0.334. The number of benzene rings is 1. The summed E-state index contributed by atoms with van der Waals surface area (Å²) < 4.78 is 18.7. The van der Waals surface area contributed by atoms with E-state index in [-0.39, 0.29) is 24.3 Å². The van der Waals surface area contributed by atoms with Gasteiger partial charge in [0.25, 0.3) is 0 Å². The SMILES string of the molecule is Cl.Fc1ccccc1-c1noc([C@@H]2CCCN2)n1. The number of hydrogen-bond acceptors (Lipinski definition) is 4. The van der Waals surface area contributed by atoms with E-state index in [9.17, 15) is 4.39 Å². The van der Waals surface area contributed by atoms with Gasteiger partial charge in [-0.15, -0.1) is 12.4 Å². The van der Waals surface area contributed by atoms with Gasteiger partial charge in [-0.25, -0.2) is 4.39 Å². The van der Waals surface area contributed by atoms with Crippen LogP contribution in [0.5, 0.6) is 0 Å². The summed E-state index contributed by atoms with van der Waals surface area (Å²) in [6, 6.07) is 6.54. The monoisotopic (exact) mass is 269 g/mol. The Hall–Kier alpha value is -1.46. The summed E-state index contributed by atoms with van der Waals surface area (Å²) in [5, 5.41) is 7.09. The molecule has 0 unspecified atom stereocenters. The molecule has 2 aromatic rings. The molecule has 0 radical (unpaired) electrons. The zero-order chi connectivity index (χ0) is 11.7. The van der Waals surface area contributed by atoms with Gasteiger partial charge in [0.15, 0.2) is 0 Å². The Bertz CT molecular complexity index is 526. The first kappa shape index (κ1) is 13.0. The fraction of sp³-hybridized carbons (Fsp3) is 0.333. The topological polar surface area (TPSA) is 51.0 Å². The van der Waals surface area contributed by atoms with E-state index in [1.165, 1.54) is 6.07 Å². The quantitative estimate of drug-likeness (QED) is 0.911. The summed E-state index contributed by atoms with van der Waals surface area (Å²) in [6.45, 7) is 0.960. The Balaban J connectivity index is 0.00000120. The van der Waals surface area contributed by atoms with Gasteiger partial charge in [0.1, 0.15) is 5.82 Å². The van der Waals surface area contributed by atoms with E-state index in [0.717, 1.165) is 19.4 Å². The lowest BCUT2D eigenvalue weighted by molar-refractivity contribution is 0.345. The van der Waals surface area contributed by atoms with Crippen molar-refractivity contribution in [3.05, 3.63) is 36.0 Å². The third kappa shape index (κ3) is 2.37. The van der Waals surface area contributed by atoms with E-state index >= 15 is 0 Å². The fourth-order valence-electron chi connectivity index (χ4n) is 2.02. The fourth-order valence-corrected chi connectivity index (χ4v) is 2.02.